The number of rotatable bonds is 9. The number of nitrogens with one attached hydrogen (secondary N) is 1. The predicted octanol–water partition coefficient (Wildman–Crippen LogP) is 3.80. The molecule has 0 fully saturated rings. The van der Waals surface area contributed by atoms with Gasteiger partial charge in [-0.15, -0.1) is 11.3 Å². The van der Waals surface area contributed by atoms with Crippen molar-refractivity contribution in [2.75, 3.05) is 32.1 Å². The van der Waals surface area contributed by atoms with Crippen LogP contribution < -0.4 is 5.32 Å². The van der Waals surface area contributed by atoms with E-state index in [1.54, 1.807) is 13.4 Å². The van der Waals surface area contributed by atoms with Crippen molar-refractivity contribution in [1.29, 1.82) is 0 Å². The smallest absolute Gasteiger partial charge is 0.240 e. The molecule has 0 saturated heterocycles. The van der Waals surface area contributed by atoms with Crippen LogP contribution in [0, 0.1) is 6.92 Å². The third-order valence-corrected chi connectivity index (χ3v) is 4.79. The Morgan fingerprint density at radius 2 is 2.11 bits per heavy atom. The number of nitrogens with zero attached hydrogens (tertiary/aromatic N) is 2. The second-order valence-corrected chi connectivity index (χ2v) is 7.09. The van der Waals surface area contributed by atoms with Crippen LogP contribution in [0.15, 0.2) is 52.5 Å². The Balaban J connectivity index is 1.59. The predicted molar refractivity (Wildman–Crippen MR) is 107 cm³/mol. The minimum Gasteiger partial charge on any atom is -0.468 e. The molecule has 1 N–H and O–H groups in total. The van der Waals surface area contributed by atoms with Crippen molar-refractivity contribution >= 4 is 22.4 Å². The Labute approximate surface area is 162 Å². The number of carbonyl (C=O) groups excluding carboxylic acids is 1. The molecule has 3 rings (SSSR count). The Hall–Kier alpha value is -2.48. The normalized spacial score (nSPS) is 11.1. The van der Waals surface area contributed by atoms with E-state index < -0.39 is 0 Å². The zero-order valence-corrected chi connectivity index (χ0v) is 16.3. The standard InChI is InChI=1S/C20H23N3O3S/c1-15-5-7-16(8-6-15)18-14-27-20(21-18)22-19(24)13-23(9-11-25-2)12-17-4-3-10-26-17/h3-8,10,14H,9,11-13H2,1-2H3,(H,21,22,24). The van der Waals surface area contributed by atoms with Gasteiger partial charge >= 0.3 is 0 Å². The lowest BCUT2D eigenvalue weighted by molar-refractivity contribution is -0.117. The summed E-state index contributed by atoms with van der Waals surface area (Å²) in [6.45, 7) is 4.02. The number of aromatic nitrogens is 1. The van der Waals surface area contributed by atoms with Gasteiger partial charge in [-0.2, -0.15) is 0 Å². The van der Waals surface area contributed by atoms with Crippen LogP contribution in [0.1, 0.15) is 11.3 Å². The number of hydrogen-bond acceptors (Lipinski definition) is 6. The minimum absolute atomic E-state index is 0.109. The van der Waals surface area contributed by atoms with Gasteiger partial charge in [0.1, 0.15) is 5.76 Å². The van der Waals surface area contributed by atoms with Crippen molar-refractivity contribution in [3.05, 3.63) is 59.4 Å². The van der Waals surface area contributed by atoms with E-state index in [9.17, 15) is 4.79 Å². The third-order valence-electron chi connectivity index (χ3n) is 4.04. The number of amides is 1. The van der Waals surface area contributed by atoms with Crippen LogP contribution >= 0.6 is 11.3 Å². The lowest BCUT2D eigenvalue weighted by atomic mass is 10.1. The number of thiazole rings is 1. The maximum Gasteiger partial charge on any atom is 0.240 e. The zero-order valence-electron chi connectivity index (χ0n) is 15.5. The molecule has 0 aliphatic heterocycles. The SMILES string of the molecule is COCCN(CC(=O)Nc1nc(-c2ccc(C)cc2)cs1)Cc1ccco1. The second kappa shape index (κ2) is 9.45. The van der Waals surface area contributed by atoms with E-state index in [1.165, 1.54) is 16.9 Å². The van der Waals surface area contributed by atoms with Crippen LogP contribution in [-0.2, 0) is 16.1 Å². The molecular formula is C20H23N3O3S. The van der Waals surface area contributed by atoms with Gasteiger partial charge in [0.05, 0.1) is 31.7 Å². The molecule has 7 heteroatoms. The molecule has 6 nitrogen and oxygen atoms in total. The van der Waals surface area contributed by atoms with E-state index in [4.69, 9.17) is 9.15 Å². The van der Waals surface area contributed by atoms with Crippen LogP contribution in [0.2, 0.25) is 0 Å². The second-order valence-electron chi connectivity index (χ2n) is 6.23. The molecule has 27 heavy (non-hydrogen) atoms. The summed E-state index contributed by atoms with van der Waals surface area (Å²) >= 11 is 1.42. The van der Waals surface area contributed by atoms with Crippen LogP contribution in [-0.4, -0.2) is 42.6 Å². The summed E-state index contributed by atoms with van der Waals surface area (Å²) in [6.07, 6.45) is 1.63. The highest BCUT2D eigenvalue weighted by atomic mass is 32.1. The Morgan fingerprint density at radius 1 is 1.30 bits per heavy atom. The topological polar surface area (TPSA) is 67.6 Å². The van der Waals surface area contributed by atoms with E-state index >= 15 is 0 Å². The monoisotopic (exact) mass is 385 g/mol. The molecule has 0 aliphatic rings. The highest BCUT2D eigenvalue weighted by Crippen LogP contribution is 2.25. The lowest BCUT2D eigenvalue weighted by Crippen LogP contribution is -2.35. The maximum absolute atomic E-state index is 12.4. The fourth-order valence-corrected chi connectivity index (χ4v) is 3.34. The van der Waals surface area contributed by atoms with Gasteiger partial charge in [-0.1, -0.05) is 29.8 Å². The molecule has 142 valence electrons. The fourth-order valence-electron chi connectivity index (χ4n) is 2.61. The van der Waals surface area contributed by atoms with Crippen molar-refractivity contribution in [1.82, 2.24) is 9.88 Å². The number of benzene rings is 1. The first-order valence-electron chi connectivity index (χ1n) is 8.70. The van der Waals surface area contributed by atoms with Gasteiger partial charge in [0.2, 0.25) is 5.91 Å². The molecule has 1 amide bonds. The van der Waals surface area contributed by atoms with Gasteiger partial charge < -0.3 is 14.5 Å². The first-order chi connectivity index (χ1) is 13.1. The summed E-state index contributed by atoms with van der Waals surface area (Å²) in [5.41, 5.74) is 3.11. The largest absolute Gasteiger partial charge is 0.468 e. The molecule has 3 aromatic rings. The molecule has 0 atom stereocenters. The fraction of sp³-hybridized carbons (Fsp3) is 0.300. The van der Waals surface area contributed by atoms with Crippen molar-refractivity contribution < 1.29 is 13.9 Å². The number of aryl methyl sites for hydroxylation is 1. The first-order valence-corrected chi connectivity index (χ1v) is 9.58. The Morgan fingerprint density at radius 3 is 2.81 bits per heavy atom. The molecular weight excluding hydrogens is 362 g/mol. The first kappa shape index (κ1) is 19.3. The van der Waals surface area contributed by atoms with E-state index in [2.05, 4.69) is 29.4 Å². The highest BCUT2D eigenvalue weighted by molar-refractivity contribution is 7.14. The van der Waals surface area contributed by atoms with Gasteiger partial charge in [-0.3, -0.25) is 9.69 Å². The summed E-state index contributed by atoms with van der Waals surface area (Å²) in [6, 6.07) is 11.9. The number of ether oxygens (including phenoxy) is 1. The average molecular weight is 385 g/mol. The quantitative estimate of drug-likeness (QED) is 0.607. The summed E-state index contributed by atoms with van der Waals surface area (Å²) in [4.78, 5) is 18.9. The third kappa shape index (κ3) is 5.75. The van der Waals surface area contributed by atoms with Crippen molar-refractivity contribution in [2.24, 2.45) is 0 Å². The molecule has 2 heterocycles. The van der Waals surface area contributed by atoms with E-state index in [0.717, 1.165) is 17.0 Å². The molecule has 0 aliphatic carbocycles. The van der Waals surface area contributed by atoms with Gasteiger partial charge in [0.25, 0.3) is 0 Å². The van der Waals surface area contributed by atoms with Gasteiger partial charge in [-0.25, -0.2) is 4.98 Å². The van der Waals surface area contributed by atoms with Gasteiger partial charge in [0.15, 0.2) is 5.13 Å². The van der Waals surface area contributed by atoms with Gasteiger partial charge in [0, 0.05) is 24.6 Å². The molecule has 0 spiro atoms. The van der Waals surface area contributed by atoms with Gasteiger partial charge in [-0.05, 0) is 19.1 Å². The van der Waals surface area contributed by atoms with Crippen molar-refractivity contribution in [3.63, 3.8) is 0 Å². The number of carbonyl (C=O) groups is 1. The number of furan rings is 1. The minimum atomic E-state index is -0.109. The van der Waals surface area contributed by atoms with Crippen LogP contribution in [0.4, 0.5) is 5.13 Å². The summed E-state index contributed by atoms with van der Waals surface area (Å²) in [7, 11) is 1.65. The number of hydrogen-bond donors (Lipinski definition) is 1. The van der Waals surface area contributed by atoms with Crippen molar-refractivity contribution in [3.8, 4) is 11.3 Å². The molecule has 0 unspecified atom stereocenters. The van der Waals surface area contributed by atoms with E-state index in [1.807, 2.05) is 34.5 Å². The molecule has 0 bridgehead atoms. The zero-order chi connectivity index (χ0) is 19.1. The summed E-state index contributed by atoms with van der Waals surface area (Å²) in [5.74, 6) is 0.706. The molecule has 0 radical (unpaired) electrons. The number of methoxy groups -OCH3 is 1. The van der Waals surface area contributed by atoms with Crippen LogP contribution in [0.5, 0.6) is 0 Å². The van der Waals surface area contributed by atoms with E-state index in [-0.39, 0.29) is 12.5 Å². The molecule has 1 aromatic carbocycles. The Kier molecular flexibility index (Phi) is 6.75. The van der Waals surface area contributed by atoms with E-state index in [0.29, 0.717) is 24.8 Å². The summed E-state index contributed by atoms with van der Waals surface area (Å²) in [5, 5.41) is 5.43. The van der Waals surface area contributed by atoms with Crippen LogP contribution in [0.3, 0.4) is 0 Å². The maximum atomic E-state index is 12.4. The Bertz CT molecular complexity index is 844. The van der Waals surface area contributed by atoms with Crippen LogP contribution in [0.25, 0.3) is 11.3 Å². The lowest BCUT2D eigenvalue weighted by Gasteiger charge is -2.19. The highest BCUT2D eigenvalue weighted by Gasteiger charge is 2.14. The van der Waals surface area contributed by atoms with Crippen molar-refractivity contribution in [2.45, 2.75) is 13.5 Å². The summed E-state index contributed by atoms with van der Waals surface area (Å²) < 4.78 is 10.5. The average Bonchev–Trinajstić information content (AvgIpc) is 3.32. The number of anilines is 1. The molecule has 2 aromatic heterocycles. The molecule has 0 saturated carbocycles.